The molecule has 0 radical (unpaired) electrons. The summed E-state index contributed by atoms with van der Waals surface area (Å²) >= 11 is 3.35. The molecular formula is C14H21BrN4O3. The number of nitrogens with zero attached hydrogens (tertiary/aromatic N) is 3. The summed E-state index contributed by atoms with van der Waals surface area (Å²) in [6.45, 7) is 6.52. The first kappa shape index (κ1) is 16.8. The number of halogens is 1. The molecule has 1 aromatic rings. The molecule has 1 aromatic heterocycles. The lowest BCUT2D eigenvalue weighted by Gasteiger charge is -2.22. The average molecular weight is 373 g/mol. The molecule has 1 saturated heterocycles. The third-order valence-corrected chi connectivity index (χ3v) is 4.23. The van der Waals surface area contributed by atoms with E-state index in [1.165, 1.54) is 0 Å². The van der Waals surface area contributed by atoms with E-state index in [0.717, 1.165) is 0 Å². The number of alkyl carbamates (subject to hydrolysis) is 1. The van der Waals surface area contributed by atoms with Crippen LogP contribution >= 0.6 is 15.9 Å². The molecule has 1 fully saturated rings. The van der Waals surface area contributed by atoms with Gasteiger partial charge in [-0.2, -0.15) is 5.10 Å². The normalized spacial score (nSPS) is 18.4. The third kappa shape index (κ3) is 4.00. The van der Waals surface area contributed by atoms with Gasteiger partial charge in [0.1, 0.15) is 10.2 Å². The summed E-state index contributed by atoms with van der Waals surface area (Å²) in [5, 5.41) is 6.85. The molecule has 2 amide bonds. The lowest BCUT2D eigenvalue weighted by molar-refractivity contribution is 0.0502. The maximum absolute atomic E-state index is 12.4. The molecule has 1 atom stereocenters. The number of likely N-dealkylation sites (tertiary alicyclic amines) is 1. The Labute approximate surface area is 138 Å². The van der Waals surface area contributed by atoms with E-state index in [2.05, 4.69) is 26.3 Å². The highest BCUT2D eigenvalue weighted by Crippen LogP contribution is 2.20. The van der Waals surface area contributed by atoms with E-state index in [0.29, 0.717) is 29.7 Å². The smallest absolute Gasteiger partial charge is 0.407 e. The fraction of sp³-hybridized carbons (Fsp3) is 0.643. The Morgan fingerprint density at radius 2 is 2.14 bits per heavy atom. The molecule has 1 aliphatic rings. The second-order valence-electron chi connectivity index (χ2n) is 6.36. The van der Waals surface area contributed by atoms with E-state index in [1.807, 2.05) is 20.8 Å². The fourth-order valence-electron chi connectivity index (χ4n) is 2.27. The maximum atomic E-state index is 12.4. The van der Waals surface area contributed by atoms with E-state index in [9.17, 15) is 9.59 Å². The van der Waals surface area contributed by atoms with Gasteiger partial charge in [-0.15, -0.1) is 0 Å². The van der Waals surface area contributed by atoms with Crippen molar-refractivity contribution in [3.63, 3.8) is 0 Å². The van der Waals surface area contributed by atoms with Crippen LogP contribution in [0.3, 0.4) is 0 Å². The van der Waals surface area contributed by atoms with Gasteiger partial charge >= 0.3 is 6.09 Å². The van der Waals surface area contributed by atoms with Crippen LogP contribution in [0.25, 0.3) is 0 Å². The predicted molar refractivity (Wildman–Crippen MR) is 84.6 cm³/mol. The molecule has 0 aliphatic carbocycles. The van der Waals surface area contributed by atoms with Crippen molar-refractivity contribution in [1.29, 1.82) is 0 Å². The lowest BCUT2D eigenvalue weighted by atomic mass is 10.2. The lowest BCUT2D eigenvalue weighted by Crippen LogP contribution is -2.41. The Hall–Kier alpha value is -1.57. The Bertz CT molecular complexity index is 579. The first-order valence-electron chi connectivity index (χ1n) is 7.13. The van der Waals surface area contributed by atoms with Crippen molar-refractivity contribution in [3.8, 4) is 0 Å². The first-order chi connectivity index (χ1) is 10.2. The summed E-state index contributed by atoms with van der Waals surface area (Å²) in [7, 11) is 1.76. The fourth-order valence-corrected chi connectivity index (χ4v) is 2.64. The average Bonchev–Trinajstić information content (AvgIpc) is 2.95. The third-order valence-electron chi connectivity index (χ3n) is 3.29. The number of nitrogens with one attached hydrogen (secondary N) is 1. The van der Waals surface area contributed by atoms with Gasteiger partial charge in [0.25, 0.3) is 5.91 Å². The number of hydrogen-bond donors (Lipinski definition) is 1. The summed E-state index contributed by atoms with van der Waals surface area (Å²) in [6.07, 6.45) is 1.80. The molecule has 22 heavy (non-hydrogen) atoms. The predicted octanol–water partition coefficient (Wildman–Crippen LogP) is 1.92. The Morgan fingerprint density at radius 1 is 1.45 bits per heavy atom. The summed E-state index contributed by atoms with van der Waals surface area (Å²) in [6, 6.07) is -0.0887. The summed E-state index contributed by atoms with van der Waals surface area (Å²) in [5.74, 6) is -0.0894. The van der Waals surface area contributed by atoms with Crippen LogP contribution in [0.15, 0.2) is 10.8 Å². The van der Waals surface area contributed by atoms with E-state index < -0.39 is 11.7 Å². The van der Waals surface area contributed by atoms with Crippen LogP contribution in [0.1, 0.15) is 37.6 Å². The van der Waals surface area contributed by atoms with E-state index in [4.69, 9.17) is 4.74 Å². The zero-order valence-corrected chi connectivity index (χ0v) is 14.8. The number of carbonyl (C=O) groups excluding carboxylic acids is 2. The molecular weight excluding hydrogens is 352 g/mol. The topological polar surface area (TPSA) is 76.5 Å². The second kappa shape index (κ2) is 6.28. The van der Waals surface area contributed by atoms with Crippen molar-refractivity contribution in [2.45, 2.75) is 38.8 Å². The van der Waals surface area contributed by atoms with E-state index >= 15 is 0 Å². The zero-order valence-electron chi connectivity index (χ0n) is 13.2. The largest absolute Gasteiger partial charge is 0.444 e. The van der Waals surface area contributed by atoms with Crippen LogP contribution < -0.4 is 5.32 Å². The quantitative estimate of drug-likeness (QED) is 0.860. The van der Waals surface area contributed by atoms with Crippen molar-refractivity contribution in [3.05, 3.63) is 16.4 Å². The highest BCUT2D eigenvalue weighted by Gasteiger charge is 2.30. The maximum Gasteiger partial charge on any atom is 0.407 e. The van der Waals surface area contributed by atoms with E-state index in [-0.39, 0.29) is 11.9 Å². The van der Waals surface area contributed by atoms with Crippen LogP contribution in [0.4, 0.5) is 4.79 Å². The Morgan fingerprint density at radius 3 is 2.68 bits per heavy atom. The minimum Gasteiger partial charge on any atom is -0.444 e. The number of rotatable bonds is 2. The molecule has 0 bridgehead atoms. The van der Waals surface area contributed by atoms with Crippen LogP contribution in [0.5, 0.6) is 0 Å². The molecule has 1 unspecified atom stereocenters. The minimum absolute atomic E-state index is 0.0887. The van der Waals surface area contributed by atoms with Crippen molar-refractivity contribution >= 4 is 27.9 Å². The van der Waals surface area contributed by atoms with Crippen molar-refractivity contribution in [2.75, 3.05) is 13.1 Å². The number of carbonyl (C=O) groups is 2. The van der Waals surface area contributed by atoms with E-state index in [1.54, 1.807) is 22.8 Å². The Kier molecular flexibility index (Phi) is 4.79. The summed E-state index contributed by atoms with van der Waals surface area (Å²) in [5.41, 5.74) is -0.000837. The molecule has 0 spiro atoms. The molecule has 0 aromatic carbocycles. The SMILES string of the molecule is Cn1ncc(C(=O)N2CCC(NC(=O)OC(C)(C)C)C2)c1Br. The van der Waals surface area contributed by atoms with Gasteiger partial charge in [-0.25, -0.2) is 4.79 Å². The number of aryl methyl sites for hydroxylation is 1. The summed E-state index contributed by atoms with van der Waals surface area (Å²) in [4.78, 5) is 25.9. The van der Waals surface area contributed by atoms with Crippen LogP contribution in [-0.4, -0.2) is 51.4 Å². The van der Waals surface area contributed by atoms with Gasteiger partial charge in [0.2, 0.25) is 0 Å². The molecule has 7 nitrogen and oxygen atoms in total. The second-order valence-corrected chi connectivity index (χ2v) is 7.11. The molecule has 1 N–H and O–H groups in total. The molecule has 8 heteroatoms. The highest BCUT2D eigenvalue weighted by molar-refractivity contribution is 9.10. The first-order valence-corrected chi connectivity index (χ1v) is 7.93. The van der Waals surface area contributed by atoms with Gasteiger partial charge in [0.15, 0.2) is 0 Å². The number of ether oxygens (including phenoxy) is 1. The van der Waals surface area contributed by atoms with Gasteiger partial charge in [-0.3, -0.25) is 9.48 Å². The van der Waals surface area contributed by atoms with Crippen molar-refractivity contribution in [1.82, 2.24) is 20.0 Å². The minimum atomic E-state index is -0.529. The molecule has 122 valence electrons. The summed E-state index contributed by atoms with van der Waals surface area (Å²) < 4.78 is 7.48. The number of aromatic nitrogens is 2. The Balaban J connectivity index is 1.91. The molecule has 1 aliphatic heterocycles. The molecule has 0 saturated carbocycles. The standard InChI is InChI=1S/C14H21BrN4O3/c1-14(2,3)22-13(21)17-9-5-6-19(8-9)12(20)10-7-16-18(4)11(10)15/h7,9H,5-6,8H2,1-4H3,(H,17,21). The van der Waals surface area contributed by atoms with Crippen LogP contribution in [0.2, 0.25) is 0 Å². The molecule has 2 rings (SSSR count). The van der Waals surface area contributed by atoms with Crippen LogP contribution in [0, 0.1) is 0 Å². The van der Waals surface area contributed by atoms with Gasteiger partial charge < -0.3 is 15.0 Å². The van der Waals surface area contributed by atoms with Crippen molar-refractivity contribution in [2.24, 2.45) is 7.05 Å². The highest BCUT2D eigenvalue weighted by atomic mass is 79.9. The number of hydrogen-bond acceptors (Lipinski definition) is 4. The van der Waals surface area contributed by atoms with Crippen LogP contribution in [-0.2, 0) is 11.8 Å². The van der Waals surface area contributed by atoms with Gasteiger partial charge in [0.05, 0.1) is 17.8 Å². The number of amides is 2. The zero-order chi connectivity index (χ0) is 16.5. The monoisotopic (exact) mass is 372 g/mol. The van der Waals surface area contributed by atoms with Gasteiger partial charge in [0, 0.05) is 20.1 Å². The van der Waals surface area contributed by atoms with Gasteiger partial charge in [-0.1, -0.05) is 0 Å². The molecule has 2 heterocycles. The van der Waals surface area contributed by atoms with Gasteiger partial charge in [-0.05, 0) is 43.1 Å². The van der Waals surface area contributed by atoms with Crippen molar-refractivity contribution < 1.29 is 14.3 Å².